The molecule has 1 saturated heterocycles. The van der Waals surface area contributed by atoms with Gasteiger partial charge < -0.3 is 20.3 Å². The molecule has 2 rings (SSSR count). The van der Waals surface area contributed by atoms with Crippen molar-refractivity contribution >= 4 is 23.4 Å². The van der Waals surface area contributed by atoms with Gasteiger partial charge in [-0.05, 0) is 50.3 Å². The van der Waals surface area contributed by atoms with Gasteiger partial charge in [-0.3, -0.25) is 4.99 Å². The lowest BCUT2D eigenvalue weighted by molar-refractivity contribution is 0.414. The number of hydrogen-bond acceptors (Lipinski definition) is 4. The van der Waals surface area contributed by atoms with E-state index in [-0.39, 0.29) is 0 Å². The molecule has 1 aromatic rings. The van der Waals surface area contributed by atoms with Crippen LogP contribution in [0.4, 0.5) is 5.69 Å². The van der Waals surface area contributed by atoms with Gasteiger partial charge in [-0.1, -0.05) is 6.07 Å². The average molecular weight is 365 g/mol. The highest BCUT2D eigenvalue weighted by atomic mass is 32.2. The van der Waals surface area contributed by atoms with Crippen LogP contribution in [0.25, 0.3) is 0 Å². The van der Waals surface area contributed by atoms with Crippen molar-refractivity contribution in [2.45, 2.75) is 32.2 Å². The molecule has 0 saturated carbocycles. The normalized spacial score (nSPS) is 18.1. The molecule has 0 aliphatic carbocycles. The van der Waals surface area contributed by atoms with Crippen molar-refractivity contribution in [1.29, 1.82) is 0 Å². The van der Waals surface area contributed by atoms with E-state index < -0.39 is 0 Å². The van der Waals surface area contributed by atoms with Crippen molar-refractivity contribution in [2.24, 2.45) is 4.99 Å². The number of guanidine groups is 1. The van der Waals surface area contributed by atoms with Crippen molar-refractivity contribution < 1.29 is 4.74 Å². The molecular formula is C19H32N4OS. The van der Waals surface area contributed by atoms with Crippen molar-refractivity contribution in [3.8, 4) is 5.75 Å². The van der Waals surface area contributed by atoms with Crippen LogP contribution in [-0.4, -0.2) is 57.3 Å². The third-order valence-electron chi connectivity index (χ3n) is 4.30. The molecule has 1 unspecified atom stereocenters. The van der Waals surface area contributed by atoms with E-state index in [2.05, 4.69) is 46.9 Å². The van der Waals surface area contributed by atoms with Gasteiger partial charge in [-0.2, -0.15) is 11.8 Å². The van der Waals surface area contributed by atoms with E-state index in [0.717, 1.165) is 50.1 Å². The second-order valence-electron chi connectivity index (χ2n) is 6.24. The largest absolute Gasteiger partial charge is 0.497 e. The number of methoxy groups -OCH3 is 1. The van der Waals surface area contributed by atoms with Crippen LogP contribution < -0.4 is 20.3 Å². The lowest BCUT2D eigenvalue weighted by atomic mass is 10.0. The summed E-state index contributed by atoms with van der Waals surface area (Å²) in [5.41, 5.74) is 1.23. The summed E-state index contributed by atoms with van der Waals surface area (Å²) in [7, 11) is 1.72. The average Bonchev–Trinajstić information content (AvgIpc) is 2.65. The van der Waals surface area contributed by atoms with Gasteiger partial charge in [0.1, 0.15) is 5.75 Å². The highest BCUT2D eigenvalue weighted by Crippen LogP contribution is 2.24. The Hall–Kier alpha value is -1.56. The van der Waals surface area contributed by atoms with Gasteiger partial charge in [0.25, 0.3) is 0 Å². The number of nitrogens with zero attached hydrogens (tertiary/aromatic N) is 2. The number of anilines is 1. The number of piperidine rings is 1. The van der Waals surface area contributed by atoms with Gasteiger partial charge >= 0.3 is 0 Å². The molecule has 0 aromatic heterocycles. The quantitative estimate of drug-likeness (QED) is 0.422. The standard InChI is InChI=1S/C19H32N4OS/c1-4-20-19(21-11-7-13-25-3)22-16-8-6-12-23(15-16)17-9-5-10-18(14-17)24-2/h5,9-10,14,16H,4,6-8,11-13,15H2,1-3H3,(H2,20,21,22). The highest BCUT2D eigenvalue weighted by Gasteiger charge is 2.21. The summed E-state index contributed by atoms with van der Waals surface area (Å²) in [5, 5.41) is 6.99. The van der Waals surface area contributed by atoms with Gasteiger partial charge in [-0.25, -0.2) is 0 Å². The maximum atomic E-state index is 5.36. The SMILES string of the molecule is CCNC(=NCCCSC)NC1CCCN(c2cccc(OC)c2)C1. The Morgan fingerprint density at radius 2 is 2.32 bits per heavy atom. The third kappa shape index (κ3) is 6.69. The molecule has 0 bridgehead atoms. The molecule has 25 heavy (non-hydrogen) atoms. The van der Waals surface area contributed by atoms with Crippen LogP contribution >= 0.6 is 11.8 Å². The summed E-state index contributed by atoms with van der Waals surface area (Å²) in [6, 6.07) is 8.74. The van der Waals surface area contributed by atoms with Crippen molar-refractivity contribution in [3.63, 3.8) is 0 Å². The van der Waals surface area contributed by atoms with Crippen LogP contribution in [0, 0.1) is 0 Å². The zero-order valence-corrected chi connectivity index (χ0v) is 16.6. The topological polar surface area (TPSA) is 48.9 Å². The molecule has 1 aliphatic heterocycles. The minimum atomic E-state index is 0.415. The van der Waals surface area contributed by atoms with E-state index in [1.165, 1.54) is 18.5 Å². The Bertz CT molecular complexity index is 538. The minimum absolute atomic E-state index is 0.415. The first-order valence-corrected chi connectivity index (χ1v) is 10.6. The molecule has 140 valence electrons. The first kappa shape index (κ1) is 19.8. The Balaban J connectivity index is 1.94. The second-order valence-corrected chi connectivity index (χ2v) is 7.22. The van der Waals surface area contributed by atoms with E-state index in [1.807, 2.05) is 17.8 Å². The zero-order chi connectivity index (χ0) is 17.9. The number of hydrogen-bond donors (Lipinski definition) is 2. The van der Waals surface area contributed by atoms with Crippen LogP contribution in [0.3, 0.4) is 0 Å². The second kappa shape index (κ2) is 11.1. The molecular weight excluding hydrogens is 332 g/mol. The third-order valence-corrected chi connectivity index (χ3v) is 5.00. The molecule has 2 N–H and O–H groups in total. The molecule has 1 aliphatic rings. The van der Waals surface area contributed by atoms with Gasteiger partial charge in [0.15, 0.2) is 5.96 Å². The molecule has 0 amide bonds. The molecule has 1 fully saturated rings. The molecule has 5 nitrogen and oxygen atoms in total. The van der Waals surface area contributed by atoms with Crippen LogP contribution in [0.5, 0.6) is 5.75 Å². The molecule has 0 spiro atoms. The number of ether oxygens (including phenoxy) is 1. The van der Waals surface area contributed by atoms with E-state index >= 15 is 0 Å². The van der Waals surface area contributed by atoms with Gasteiger partial charge in [0.2, 0.25) is 0 Å². The van der Waals surface area contributed by atoms with E-state index in [1.54, 1.807) is 7.11 Å². The van der Waals surface area contributed by atoms with Crippen molar-refractivity contribution in [3.05, 3.63) is 24.3 Å². The predicted molar refractivity (Wildman–Crippen MR) is 110 cm³/mol. The molecule has 1 aromatic carbocycles. The number of rotatable bonds is 8. The Labute approximate surface area is 156 Å². The molecule has 1 heterocycles. The number of nitrogens with one attached hydrogen (secondary N) is 2. The fraction of sp³-hybridized carbons (Fsp3) is 0.632. The number of aliphatic imine (C=N–C) groups is 1. The van der Waals surface area contributed by atoms with Crippen LogP contribution in [0.1, 0.15) is 26.2 Å². The van der Waals surface area contributed by atoms with E-state index in [4.69, 9.17) is 9.73 Å². The summed E-state index contributed by atoms with van der Waals surface area (Å²) >= 11 is 1.88. The lowest BCUT2D eigenvalue weighted by Gasteiger charge is -2.35. The summed E-state index contributed by atoms with van der Waals surface area (Å²) < 4.78 is 5.36. The lowest BCUT2D eigenvalue weighted by Crippen LogP contribution is -2.51. The Morgan fingerprint density at radius 3 is 3.08 bits per heavy atom. The smallest absolute Gasteiger partial charge is 0.191 e. The summed E-state index contributed by atoms with van der Waals surface area (Å²) in [5.74, 6) is 3.02. The summed E-state index contributed by atoms with van der Waals surface area (Å²) in [6.45, 7) is 5.96. The Kier molecular flexibility index (Phi) is 8.80. The van der Waals surface area contributed by atoms with Crippen LogP contribution in [0.15, 0.2) is 29.3 Å². The van der Waals surface area contributed by atoms with Gasteiger partial charge in [0, 0.05) is 44.0 Å². The zero-order valence-electron chi connectivity index (χ0n) is 15.8. The monoisotopic (exact) mass is 364 g/mol. The van der Waals surface area contributed by atoms with Crippen LogP contribution in [-0.2, 0) is 0 Å². The minimum Gasteiger partial charge on any atom is -0.497 e. The fourth-order valence-electron chi connectivity index (χ4n) is 3.05. The van der Waals surface area contributed by atoms with Crippen molar-refractivity contribution in [1.82, 2.24) is 10.6 Å². The predicted octanol–water partition coefficient (Wildman–Crippen LogP) is 2.97. The highest BCUT2D eigenvalue weighted by molar-refractivity contribution is 7.98. The number of thioether (sulfide) groups is 1. The summed E-state index contributed by atoms with van der Waals surface area (Å²) in [4.78, 5) is 7.14. The van der Waals surface area contributed by atoms with E-state index in [9.17, 15) is 0 Å². The van der Waals surface area contributed by atoms with Gasteiger partial charge in [-0.15, -0.1) is 0 Å². The van der Waals surface area contributed by atoms with Crippen molar-refractivity contribution in [2.75, 3.05) is 50.2 Å². The molecule has 6 heteroatoms. The first-order chi connectivity index (χ1) is 12.3. The molecule has 0 radical (unpaired) electrons. The maximum Gasteiger partial charge on any atom is 0.191 e. The van der Waals surface area contributed by atoms with Crippen LogP contribution in [0.2, 0.25) is 0 Å². The summed E-state index contributed by atoms with van der Waals surface area (Å²) in [6.07, 6.45) is 5.62. The van der Waals surface area contributed by atoms with Gasteiger partial charge in [0.05, 0.1) is 7.11 Å². The number of benzene rings is 1. The Morgan fingerprint density at radius 1 is 1.44 bits per heavy atom. The fourth-order valence-corrected chi connectivity index (χ4v) is 3.47. The first-order valence-electron chi connectivity index (χ1n) is 9.19. The van der Waals surface area contributed by atoms with E-state index in [0.29, 0.717) is 6.04 Å². The molecule has 1 atom stereocenters. The maximum absolute atomic E-state index is 5.36.